The van der Waals surface area contributed by atoms with Gasteiger partial charge in [-0.15, -0.1) is 0 Å². The van der Waals surface area contributed by atoms with Crippen LogP contribution in [0.2, 0.25) is 0 Å². The molecule has 0 unspecified atom stereocenters. The van der Waals surface area contributed by atoms with Crippen LogP contribution in [0.5, 0.6) is 11.5 Å². The molecule has 3 N–H and O–H groups in total. The number of carboxylic acids is 1. The van der Waals surface area contributed by atoms with Gasteiger partial charge < -0.3 is 20.3 Å². The summed E-state index contributed by atoms with van der Waals surface area (Å²) in [5.41, 5.74) is 6.35. The largest absolute Gasteiger partial charge is 0.493 e. The maximum atomic E-state index is 10.3. The van der Waals surface area contributed by atoms with Gasteiger partial charge in [-0.3, -0.25) is 0 Å². The molecule has 5 heteroatoms. The first-order chi connectivity index (χ1) is 7.17. The van der Waals surface area contributed by atoms with Gasteiger partial charge in [0, 0.05) is 6.54 Å². The smallest absolute Gasteiger partial charge is 0.341 e. The van der Waals surface area contributed by atoms with Gasteiger partial charge in [0.05, 0.1) is 7.11 Å². The van der Waals surface area contributed by atoms with Crippen LogP contribution in [0, 0.1) is 0 Å². The minimum absolute atomic E-state index is 0.391. The van der Waals surface area contributed by atoms with Crippen molar-refractivity contribution >= 4 is 5.97 Å². The second-order valence-electron chi connectivity index (χ2n) is 2.87. The van der Waals surface area contributed by atoms with Gasteiger partial charge in [0.2, 0.25) is 0 Å². The Balaban J connectivity index is 2.82. The summed E-state index contributed by atoms with van der Waals surface area (Å²) in [7, 11) is 1.49. The summed E-state index contributed by atoms with van der Waals surface area (Å²) >= 11 is 0. The highest BCUT2D eigenvalue weighted by Gasteiger charge is 2.06. The van der Waals surface area contributed by atoms with Crippen LogP contribution in [0.4, 0.5) is 0 Å². The van der Waals surface area contributed by atoms with Crippen LogP contribution in [0.3, 0.4) is 0 Å². The van der Waals surface area contributed by atoms with Crippen LogP contribution < -0.4 is 15.2 Å². The topological polar surface area (TPSA) is 81.8 Å². The Morgan fingerprint density at radius 3 is 2.73 bits per heavy atom. The van der Waals surface area contributed by atoms with Gasteiger partial charge in [-0.2, -0.15) is 0 Å². The number of hydrogen-bond donors (Lipinski definition) is 2. The second kappa shape index (κ2) is 5.21. The third kappa shape index (κ3) is 3.14. The lowest BCUT2D eigenvalue weighted by atomic mass is 10.2. The van der Waals surface area contributed by atoms with Crippen molar-refractivity contribution in [2.45, 2.75) is 6.54 Å². The number of aliphatic carboxylic acids is 1. The van der Waals surface area contributed by atoms with Crippen molar-refractivity contribution in [1.82, 2.24) is 0 Å². The summed E-state index contributed by atoms with van der Waals surface area (Å²) in [6.45, 7) is 0.00784. The predicted molar refractivity (Wildman–Crippen MR) is 54.0 cm³/mol. The first-order valence-corrected chi connectivity index (χ1v) is 4.39. The van der Waals surface area contributed by atoms with E-state index in [4.69, 9.17) is 20.3 Å². The summed E-state index contributed by atoms with van der Waals surface area (Å²) in [6, 6.07) is 5.13. The van der Waals surface area contributed by atoms with E-state index in [1.807, 2.05) is 0 Å². The highest BCUT2D eigenvalue weighted by atomic mass is 16.5. The molecule has 0 heterocycles. The van der Waals surface area contributed by atoms with Gasteiger partial charge in [0.1, 0.15) is 0 Å². The zero-order valence-electron chi connectivity index (χ0n) is 8.40. The van der Waals surface area contributed by atoms with E-state index in [0.717, 1.165) is 5.56 Å². The van der Waals surface area contributed by atoms with Gasteiger partial charge in [-0.05, 0) is 17.7 Å². The van der Waals surface area contributed by atoms with Crippen molar-refractivity contribution in [1.29, 1.82) is 0 Å². The van der Waals surface area contributed by atoms with Crippen molar-refractivity contribution in [2.24, 2.45) is 5.73 Å². The predicted octanol–water partition coefficient (Wildman–Crippen LogP) is 0.617. The van der Waals surface area contributed by atoms with Crippen LogP contribution >= 0.6 is 0 Å². The van der Waals surface area contributed by atoms with Gasteiger partial charge in [-0.1, -0.05) is 6.07 Å². The molecule has 0 aliphatic carbocycles. The molecule has 0 spiro atoms. The van der Waals surface area contributed by atoms with Crippen molar-refractivity contribution in [3.8, 4) is 11.5 Å². The van der Waals surface area contributed by atoms with Crippen molar-refractivity contribution in [3.63, 3.8) is 0 Å². The monoisotopic (exact) mass is 211 g/mol. The molecular weight excluding hydrogens is 198 g/mol. The standard InChI is InChI=1S/C10H13NO4/c1-14-9-4-7(5-11)2-3-8(9)15-6-10(12)13/h2-4H,5-6,11H2,1H3,(H,12,13). The molecule has 0 aliphatic rings. The summed E-state index contributed by atoms with van der Waals surface area (Å²) in [5, 5.41) is 8.45. The molecule has 1 aromatic rings. The lowest BCUT2D eigenvalue weighted by molar-refractivity contribution is -0.139. The molecule has 0 amide bonds. The molecule has 1 rings (SSSR count). The van der Waals surface area contributed by atoms with Crippen LogP contribution in [-0.4, -0.2) is 24.8 Å². The number of benzene rings is 1. The Morgan fingerprint density at radius 2 is 2.20 bits per heavy atom. The minimum atomic E-state index is -1.03. The molecule has 0 bridgehead atoms. The summed E-state index contributed by atoms with van der Waals surface area (Å²) in [4.78, 5) is 10.3. The van der Waals surface area contributed by atoms with Crippen LogP contribution in [0.1, 0.15) is 5.56 Å². The first-order valence-electron chi connectivity index (χ1n) is 4.39. The third-order valence-electron chi connectivity index (χ3n) is 1.81. The Labute approximate surface area is 87.4 Å². The molecule has 0 aliphatic heterocycles. The number of carboxylic acid groups (broad SMARTS) is 1. The van der Waals surface area contributed by atoms with E-state index in [0.29, 0.717) is 18.0 Å². The first kappa shape index (κ1) is 11.3. The lowest BCUT2D eigenvalue weighted by Gasteiger charge is -2.09. The Bertz CT molecular complexity index is 351. The number of nitrogens with two attached hydrogens (primary N) is 1. The van der Waals surface area contributed by atoms with Crippen LogP contribution in [0.15, 0.2) is 18.2 Å². The fourth-order valence-electron chi connectivity index (χ4n) is 1.10. The van der Waals surface area contributed by atoms with E-state index >= 15 is 0 Å². The Morgan fingerprint density at radius 1 is 1.47 bits per heavy atom. The van der Waals surface area contributed by atoms with Gasteiger partial charge in [-0.25, -0.2) is 4.79 Å². The molecule has 0 saturated carbocycles. The highest BCUT2D eigenvalue weighted by Crippen LogP contribution is 2.27. The van der Waals surface area contributed by atoms with Gasteiger partial charge >= 0.3 is 5.97 Å². The maximum absolute atomic E-state index is 10.3. The van der Waals surface area contributed by atoms with Crippen molar-refractivity contribution < 1.29 is 19.4 Å². The quantitative estimate of drug-likeness (QED) is 0.746. The Hall–Kier alpha value is -1.75. The zero-order chi connectivity index (χ0) is 11.3. The van der Waals surface area contributed by atoms with Crippen LogP contribution in [-0.2, 0) is 11.3 Å². The van der Waals surface area contributed by atoms with Gasteiger partial charge in [0.25, 0.3) is 0 Å². The summed E-state index contributed by atoms with van der Waals surface area (Å²) in [5.74, 6) is -0.142. The van der Waals surface area contributed by atoms with E-state index in [9.17, 15) is 4.79 Å². The number of ether oxygens (including phenoxy) is 2. The normalized spacial score (nSPS) is 9.73. The van der Waals surface area contributed by atoms with E-state index < -0.39 is 12.6 Å². The molecule has 82 valence electrons. The Kier molecular flexibility index (Phi) is 3.93. The summed E-state index contributed by atoms with van der Waals surface area (Å²) in [6.07, 6.45) is 0. The number of methoxy groups -OCH3 is 1. The number of rotatable bonds is 5. The molecule has 1 aromatic carbocycles. The minimum Gasteiger partial charge on any atom is -0.493 e. The number of hydrogen-bond acceptors (Lipinski definition) is 4. The molecular formula is C10H13NO4. The average Bonchev–Trinajstić information content (AvgIpc) is 2.25. The fraction of sp³-hybridized carbons (Fsp3) is 0.300. The molecule has 15 heavy (non-hydrogen) atoms. The van der Waals surface area contributed by atoms with Crippen molar-refractivity contribution in [3.05, 3.63) is 23.8 Å². The van der Waals surface area contributed by atoms with Crippen LogP contribution in [0.25, 0.3) is 0 Å². The van der Waals surface area contributed by atoms with Crippen molar-refractivity contribution in [2.75, 3.05) is 13.7 Å². The maximum Gasteiger partial charge on any atom is 0.341 e. The molecule has 0 radical (unpaired) electrons. The molecule has 5 nitrogen and oxygen atoms in total. The zero-order valence-corrected chi connectivity index (χ0v) is 8.40. The van der Waals surface area contributed by atoms with E-state index in [-0.39, 0.29) is 0 Å². The third-order valence-corrected chi connectivity index (χ3v) is 1.81. The lowest BCUT2D eigenvalue weighted by Crippen LogP contribution is -2.10. The summed E-state index contributed by atoms with van der Waals surface area (Å²) < 4.78 is 10.1. The molecule has 0 atom stereocenters. The molecule has 0 saturated heterocycles. The van der Waals surface area contributed by atoms with Gasteiger partial charge in [0.15, 0.2) is 18.1 Å². The fourth-order valence-corrected chi connectivity index (χ4v) is 1.10. The van der Waals surface area contributed by atoms with E-state index in [1.54, 1.807) is 18.2 Å². The SMILES string of the molecule is COc1cc(CN)ccc1OCC(=O)O. The van der Waals surface area contributed by atoms with E-state index in [2.05, 4.69) is 0 Å². The highest BCUT2D eigenvalue weighted by molar-refractivity contribution is 5.68. The number of carbonyl (C=O) groups is 1. The van der Waals surface area contributed by atoms with E-state index in [1.165, 1.54) is 7.11 Å². The molecule has 0 aromatic heterocycles. The molecule has 0 fully saturated rings. The average molecular weight is 211 g/mol. The second-order valence-corrected chi connectivity index (χ2v) is 2.87.